The third-order valence-corrected chi connectivity index (χ3v) is 5.68. The molecule has 0 aliphatic rings. The van der Waals surface area contributed by atoms with E-state index in [1.807, 2.05) is 76.2 Å². The van der Waals surface area contributed by atoms with Gasteiger partial charge in [0.15, 0.2) is 6.61 Å². The van der Waals surface area contributed by atoms with Gasteiger partial charge in [-0.2, -0.15) is 0 Å². The van der Waals surface area contributed by atoms with Gasteiger partial charge in [-0.15, -0.1) is 0 Å². The maximum atomic E-state index is 13.2. The second kappa shape index (κ2) is 12.1. The molecule has 5 heteroatoms. The Morgan fingerprint density at radius 1 is 1.00 bits per heavy atom. The zero-order chi connectivity index (χ0) is 22.8. The molecule has 2 aromatic carbocycles. The summed E-state index contributed by atoms with van der Waals surface area (Å²) in [6, 6.07) is 15.2. The van der Waals surface area contributed by atoms with Crippen molar-refractivity contribution in [2.45, 2.75) is 72.5 Å². The largest absolute Gasteiger partial charge is 0.484 e. The molecule has 5 nitrogen and oxygen atoms in total. The van der Waals surface area contributed by atoms with Crippen LogP contribution in [0.5, 0.6) is 5.75 Å². The second-order valence-electron chi connectivity index (χ2n) is 7.98. The summed E-state index contributed by atoms with van der Waals surface area (Å²) < 4.78 is 5.77. The zero-order valence-corrected chi connectivity index (χ0v) is 19.5. The zero-order valence-electron chi connectivity index (χ0n) is 19.5. The van der Waals surface area contributed by atoms with E-state index in [0.717, 1.165) is 24.0 Å². The Bertz CT molecular complexity index is 848. The van der Waals surface area contributed by atoms with Gasteiger partial charge >= 0.3 is 0 Å². The predicted octanol–water partition coefficient (Wildman–Crippen LogP) is 4.66. The maximum absolute atomic E-state index is 13.2. The van der Waals surface area contributed by atoms with Crippen molar-refractivity contribution in [2.75, 3.05) is 6.61 Å². The monoisotopic (exact) mass is 424 g/mol. The Morgan fingerprint density at radius 3 is 2.26 bits per heavy atom. The lowest BCUT2D eigenvalue weighted by molar-refractivity contribution is -0.143. The van der Waals surface area contributed by atoms with Crippen LogP contribution in [0.2, 0.25) is 0 Å². The quantitative estimate of drug-likeness (QED) is 0.571. The molecular weight excluding hydrogens is 388 g/mol. The number of ether oxygens (including phenoxy) is 1. The highest BCUT2D eigenvalue weighted by Crippen LogP contribution is 2.17. The molecule has 0 radical (unpaired) electrons. The normalized spacial score (nSPS) is 12.7. The number of benzene rings is 2. The molecule has 0 saturated heterocycles. The first-order chi connectivity index (χ1) is 14.9. The van der Waals surface area contributed by atoms with Crippen LogP contribution in [0.4, 0.5) is 0 Å². The molecule has 2 rings (SSSR count). The highest BCUT2D eigenvalue weighted by Gasteiger charge is 2.29. The lowest BCUT2D eigenvalue weighted by Gasteiger charge is -2.31. The summed E-state index contributed by atoms with van der Waals surface area (Å²) >= 11 is 0. The van der Waals surface area contributed by atoms with Crippen LogP contribution in [0.1, 0.15) is 57.2 Å². The van der Waals surface area contributed by atoms with Crippen molar-refractivity contribution >= 4 is 11.8 Å². The van der Waals surface area contributed by atoms with Crippen LogP contribution in [0.25, 0.3) is 0 Å². The van der Waals surface area contributed by atoms with Crippen LogP contribution >= 0.6 is 0 Å². The van der Waals surface area contributed by atoms with Crippen LogP contribution in [-0.2, 0) is 22.6 Å². The highest BCUT2D eigenvalue weighted by atomic mass is 16.5. The average molecular weight is 425 g/mol. The van der Waals surface area contributed by atoms with Gasteiger partial charge in [-0.3, -0.25) is 9.59 Å². The molecule has 0 saturated carbocycles. The maximum Gasteiger partial charge on any atom is 0.261 e. The summed E-state index contributed by atoms with van der Waals surface area (Å²) in [5, 5.41) is 3.03. The van der Waals surface area contributed by atoms with Gasteiger partial charge in [-0.1, -0.05) is 57.2 Å². The number of hydrogen-bond acceptors (Lipinski definition) is 3. The van der Waals surface area contributed by atoms with E-state index in [1.54, 1.807) is 4.90 Å². The number of hydrogen-bond donors (Lipinski definition) is 1. The van der Waals surface area contributed by atoms with Crippen LogP contribution in [0.3, 0.4) is 0 Å². The summed E-state index contributed by atoms with van der Waals surface area (Å²) in [6.07, 6.45) is 2.32. The van der Waals surface area contributed by atoms with E-state index >= 15 is 0 Å². The summed E-state index contributed by atoms with van der Waals surface area (Å²) in [4.78, 5) is 27.9. The van der Waals surface area contributed by atoms with Gasteiger partial charge in [-0.05, 0) is 61.9 Å². The molecule has 0 fully saturated rings. The molecule has 31 heavy (non-hydrogen) atoms. The smallest absolute Gasteiger partial charge is 0.261 e. The van der Waals surface area contributed by atoms with E-state index in [0.29, 0.717) is 18.7 Å². The van der Waals surface area contributed by atoms with Crippen molar-refractivity contribution in [2.24, 2.45) is 0 Å². The van der Waals surface area contributed by atoms with Crippen LogP contribution in [0.15, 0.2) is 48.5 Å². The number of aryl methyl sites for hydroxylation is 2. The minimum absolute atomic E-state index is 0.0605. The third-order valence-electron chi connectivity index (χ3n) is 5.68. The fourth-order valence-corrected chi connectivity index (χ4v) is 3.38. The fraction of sp³-hybridized carbons (Fsp3) is 0.462. The molecule has 2 atom stereocenters. The van der Waals surface area contributed by atoms with E-state index in [2.05, 4.69) is 12.2 Å². The molecule has 0 bridgehead atoms. The molecule has 1 N–H and O–H groups in total. The number of carbonyl (C=O) groups is 2. The minimum Gasteiger partial charge on any atom is -0.484 e. The Hall–Kier alpha value is -2.82. The van der Waals surface area contributed by atoms with Gasteiger partial charge in [0.2, 0.25) is 5.91 Å². The first-order valence-corrected chi connectivity index (χ1v) is 11.3. The van der Waals surface area contributed by atoms with Gasteiger partial charge in [0.1, 0.15) is 11.8 Å². The Labute approximate surface area is 186 Å². The summed E-state index contributed by atoms with van der Waals surface area (Å²) in [7, 11) is 0. The van der Waals surface area contributed by atoms with Crippen LogP contribution in [-0.4, -0.2) is 35.4 Å². The van der Waals surface area contributed by atoms with Crippen LogP contribution in [0, 0.1) is 6.92 Å². The van der Waals surface area contributed by atoms with Gasteiger partial charge in [-0.25, -0.2) is 0 Å². The number of carbonyl (C=O) groups excluding carboxylic acids is 2. The topological polar surface area (TPSA) is 58.6 Å². The van der Waals surface area contributed by atoms with E-state index in [4.69, 9.17) is 4.74 Å². The van der Waals surface area contributed by atoms with Gasteiger partial charge in [0.25, 0.3) is 5.91 Å². The molecule has 0 heterocycles. The van der Waals surface area contributed by atoms with Crippen molar-refractivity contribution in [3.63, 3.8) is 0 Å². The molecule has 0 aromatic heterocycles. The summed E-state index contributed by atoms with van der Waals surface area (Å²) in [5.74, 6) is 0.332. The van der Waals surface area contributed by atoms with Gasteiger partial charge in [0.05, 0.1) is 0 Å². The standard InChI is InChI=1S/C26H36N2O3/c1-6-20(5)27-26(30)24(8-3)28(17-22-12-10-9-11-19(22)4)25(29)18-31-23-15-13-21(7-2)14-16-23/h9-16,20,24H,6-8,17-18H2,1-5H3,(H,27,30)/t20-,24+/m0/s1. The minimum atomic E-state index is -0.549. The first-order valence-electron chi connectivity index (χ1n) is 11.3. The van der Waals surface area contributed by atoms with Crippen molar-refractivity contribution in [1.29, 1.82) is 0 Å². The van der Waals surface area contributed by atoms with Gasteiger partial charge < -0.3 is 15.0 Å². The van der Waals surface area contributed by atoms with E-state index in [1.165, 1.54) is 5.56 Å². The summed E-state index contributed by atoms with van der Waals surface area (Å²) in [5.41, 5.74) is 3.33. The molecule has 2 amide bonds. The predicted molar refractivity (Wildman–Crippen MR) is 125 cm³/mol. The molecule has 0 aliphatic heterocycles. The number of rotatable bonds is 11. The van der Waals surface area contributed by atoms with Crippen LogP contribution < -0.4 is 10.1 Å². The highest BCUT2D eigenvalue weighted by molar-refractivity contribution is 5.88. The lowest BCUT2D eigenvalue weighted by atomic mass is 10.1. The third kappa shape index (κ3) is 7.12. The van der Waals surface area contributed by atoms with Crippen molar-refractivity contribution in [3.05, 3.63) is 65.2 Å². The number of amides is 2. The lowest BCUT2D eigenvalue weighted by Crippen LogP contribution is -2.51. The Morgan fingerprint density at radius 2 is 1.68 bits per heavy atom. The van der Waals surface area contributed by atoms with Crippen molar-refractivity contribution in [1.82, 2.24) is 10.2 Å². The van der Waals surface area contributed by atoms with Crippen molar-refractivity contribution in [3.8, 4) is 5.75 Å². The molecule has 0 unspecified atom stereocenters. The van der Waals surface area contributed by atoms with E-state index < -0.39 is 6.04 Å². The Balaban J connectivity index is 2.20. The van der Waals surface area contributed by atoms with E-state index in [-0.39, 0.29) is 24.5 Å². The molecule has 2 aromatic rings. The molecule has 168 valence electrons. The SMILES string of the molecule is CCc1ccc(OCC(=O)N(Cc2ccccc2C)[C@H](CC)C(=O)N[C@@H](C)CC)cc1. The van der Waals surface area contributed by atoms with Crippen molar-refractivity contribution < 1.29 is 14.3 Å². The summed E-state index contributed by atoms with van der Waals surface area (Å²) in [6.45, 7) is 10.3. The van der Waals surface area contributed by atoms with Gasteiger partial charge in [0, 0.05) is 12.6 Å². The average Bonchev–Trinajstić information content (AvgIpc) is 2.78. The first kappa shape index (κ1) is 24.4. The number of nitrogens with zero attached hydrogens (tertiary/aromatic N) is 1. The van der Waals surface area contributed by atoms with E-state index in [9.17, 15) is 9.59 Å². The molecular formula is C26H36N2O3. The fourth-order valence-electron chi connectivity index (χ4n) is 3.38. The Kier molecular flexibility index (Phi) is 9.57. The molecule has 0 aliphatic carbocycles. The molecule has 0 spiro atoms. The number of nitrogens with one attached hydrogen (secondary N) is 1. The second-order valence-corrected chi connectivity index (χ2v) is 7.98.